The second-order valence-corrected chi connectivity index (χ2v) is 1.97. The van der Waals surface area contributed by atoms with E-state index in [0.29, 0.717) is 5.56 Å². The summed E-state index contributed by atoms with van der Waals surface area (Å²) in [6, 6.07) is 0. The molecule has 0 saturated heterocycles. The van der Waals surface area contributed by atoms with E-state index in [-0.39, 0.29) is 18.8 Å². The van der Waals surface area contributed by atoms with E-state index in [2.05, 4.69) is 10.2 Å². The molecule has 0 fully saturated rings. The Morgan fingerprint density at radius 3 is 3.09 bits per heavy atom. The maximum absolute atomic E-state index is 10.2. The molecule has 6 nitrogen and oxygen atoms in total. The molecule has 0 spiro atoms. The van der Waals surface area contributed by atoms with Crippen LogP contribution in [0, 0.1) is 10.1 Å². The van der Waals surface area contributed by atoms with Crippen LogP contribution in [0.25, 0.3) is 0 Å². The number of aromatic nitrogens is 2. The minimum absolute atomic E-state index is 0.111. The Balaban J connectivity index is 2.87. The molecular formula is C5H7N3O3. The molecule has 0 atom stereocenters. The van der Waals surface area contributed by atoms with Crippen molar-refractivity contribution in [3.63, 3.8) is 0 Å². The molecule has 0 unspecified atom stereocenters. The van der Waals surface area contributed by atoms with E-state index in [1.165, 1.54) is 6.20 Å². The van der Waals surface area contributed by atoms with Gasteiger partial charge in [0.05, 0.1) is 11.8 Å². The first-order valence-corrected chi connectivity index (χ1v) is 3.03. The first-order valence-electron chi connectivity index (χ1n) is 3.03. The van der Waals surface area contributed by atoms with Gasteiger partial charge >= 0.3 is 5.82 Å². The van der Waals surface area contributed by atoms with Gasteiger partial charge in [-0.25, -0.2) is 0 Å². The second-order valence-electron chi connectivity index (χ2n) is 1.97. The van der Waals surface area contributed by atoms with Crippen molar-refractivity contribution in [1.29, 1.82) is 0 Å². The van der Waals surface area contributed by atoms with Crippen molar-refractivity contribution in [3.05, 3.63) is 21.9 Å². The topological polar surface area (TPSA) is 92.0 Å². The molecular weight excluding hydrogens is 150 g/mol. The Kier molecular flexibility index (Phi) is 2.17. The highest BCUT2D eigenvalue weighted by Crippen LogP contribution is 2.13. The fourth-order valence-electron chi connectivity index (χ4n) is 0.766. The van der Waals surface area contributed by atoms with Crippen molar-refractivity contribution in [1.82, 2.24) is 10.2 Å². The highest BCUT2D eigenvalue weighted by atomic mass is 16.6. The average molecular weight is 157 g/mol. The summed E-state index contributed by atoms with van der Waals surface area (Å²) in [6.07, 6.45) is 1.60. The van der Waals surface area contributed by atoms with Crippen molar-refractivity contribution in [2.45, 2.75) is 6.42 Å². The van der Waals surface area contributed by atoms with E-state index in [1.807, 2.05) is 0 Å². The van der Waals surface area contributed by atoms with Crippen LogP contribution in [0.2, 0.25) is 0 Å². The first kappa shape index (κ1) is 7.67. The van der Waals surface area contributed by atoms with Crippen molar-refractivity contribution in [2.24, 2.45) is 0 Å². The zero-order chi connectivity index (χ0) is 8.27. The smallest absolute Gasteiger partial charge is 0.345 e. The lowest BCUT2D eigenvalue weighted by atomic mass is 10.2. The molecule has 0 aromatic carbocycles. The summed E-state index contributed by atoms with van der Waals surface area (Å²) in [4.78, 5) is 9.65. The summed E-state index contributed by atoms with van der Waals surface area (Å²) >= 11 is 0. The lowest BCUT2D eigenvalue weighted by Crippen LogP contribution is -1.95. The van der Waals surface area contributed by atoms with Crippen LogP contribution in [0.15, 0.2) is 6.20 Å². The third kappa shape index (κ3) is 1.53. The zero-order valence-corrected chi connectivity index (χ0v) is 5.65. The van der Waals surface area contributed by atoms with Crippen LogP contribution < -0.4 is 0 Å². The van der Waals surface area contributed by atoms with Gasteiger partial charge in [-0.05, 0) is 4.92 Å². The molecule has 0 aliphatic heterocycles. The standard InChI is InChI=1S/C5H7N3O3/c9-2-1-4-3-6-7-5(4)8(10)11/h3,9H,1-2H2,(H,6,7). The number of nitrogens with one attached hydrogen (secondary N) is 1. The van der Waals surface area contributed by atoms with Crippen LogP contribution >= 0.6 is 0 Å². The fraction of sp³-hybridized carbons (Fsp3) is 0.400. The SMILES string of the molecule is O=[N+]([O-])c1[nH]ncc1CCO. The van der Waals surface area contributed by atoms with Crippen LogP contribution in [0.3, 0.4) is 0 Å². The van der Waals surface area contributed by atoms with Gasteiger partial charge in [-0.3, -0.25) is 0 Å². The molecule has 1 heterocycles. The molecule has 2 N–H and O–H groups in total. The molecule has 0 amide bonds. The third-order valence-electron chi connectivity index (χ3n) is 1.26. The fourth-order valence-corrected chi connectivity index (χ4v) is 0.766. The average Bonchev–Trinajstić information content (AvgIpc) is 2.36. The Bertz CT molecular complexity index is 257. The summed E-state index contributed by atoms with van der Waals surface area (Å²) in [6.45, 7) is -0.111. The molecule has 0 radical (unpaired) electrons. The van der Waals surface area contributed by atoms with E-state index in [1.54, 1.807) is 0 Å². The Morgan fingerprint density at radius 2 is 2.55 bits per heavy atom. The molecule has 0 aliphatic carbocycles. The van der Waals surface area contributed by atoms with Crippen LogP contribution in [-0.4, -0.2) is 26.8 Å². The molecule has 11 heavy (non-hydrogen) atoms. The van der Waals surface area contributed by atoms with Crippen molar-refractivity contribution < 1.29 is 10.0 Å². The van der Waals surface area contributed by atoms with Crippen molar-refractivity contribution in [3.8, 4) is 0 Å². The second kappa shape index (κ2) is 3.11. The molecule has 60 valence electrons. The summed E-state index contributed by atoms with van der Waals surface area (Å²) in [5.74, 6) is -0.140. The summed E-state index contributed by atoms with van der Waals surface area (Å²) in [5.41, 5.74) is 0.428. The monoisotopic (exact) mass is 157 g/mol. The minimum Gasteiger partial charge on any atom is -0.396 e. The van der Waals surface area contributed by atoms with Gasteiger partial charge in [-0.15, -0.1) is 5.10 Å². The van der Waals surface area contributed by atoms with Crippen LogP contribution in [-0.2, 0) is 6.42 Å². The summed E-state index contributed by atoms with van der Waals surface area (Å²) in [7, 11) is 0. The number of aliphatic hydroxyl groups is 1. The van der Waals surface area contributed by atoms with Crippen LogP contribution in [0.4, 0.5) is 5.82 Å². The Hall–Kier alpha value is -1.43. The van der Waals surface area contributed by atoms with Gasteiger partial charge in [0.1, 0.15) is 0 Å². The number of nitrogens with zero attached hydrogens (tertiary/aromatic N) is 2. The minimum atomic E-state index is -0.558. The predicted molar refractivity (Wildman–Crippen MR) is 36.0 cm³/mol. The third-order valence-corrected chi connectivity index (χ3v) is 1.26. The van der Waals surface area contributed by atoms with Crippen molar-refractivity contribution in [2.75, 3.05) is 6.61 Å². The highest BCUT2D eigenvalue weighted by Gasteiger charge is 2.12. The van der Waals surface area contributed by atoms with Gasteiger partial charge in [0.15, 0.2) is 0 Å². The van der Waals surface area contributed by atoms with E-state index in [0.717, 1.165) is 0 Å². The van der Waals surface area contributed by atoms with Gasteiger partial charge < -0.3 is 15.2 Å². The molecule has 1 aromatic heterocycles. The van der Waals surface area contributed by atoms with Crippen LogP contribution in [0.5, 0.6) is 0 Å². The Morgan fingerprint density at radius 1 is 1.82 bits per heavy atom. The zero-order valence-electron chi connectivity index (χ0n) is 5.65. The maximum atomic E-state index is 10.2. The van der Waals surface area contributed by atoms with Gasteiger partial charge in [-0.1, -0.05) is 5.10 Å². The first-order chi connectivity index (χ1) is 5.25. The van der Waals surface area contributed by atoms with E-state index >= 15 is 0 Å². The number of aromatic amines is 1. The maximum Gasteiger partial charge on any atom is 0.345 e. The Labute approximate surface area is 62.0 Å². The summed E-state index contributed by atoms with van der Waals surface area (Å²) < 4.78 is 0. The number of H-pyrrole nitrogens is 1. The van der Waals surface area contributed by atoms with Gasteiger partial charge in [0.2, 0.25) is 0 Å². The van der Waals surface area contributed by atoms with E-state index in [9.17, 15) is 10.1 Å². The van der Waals surface area contributed by atoms with Gasteiger partial charge in [0, 0.05) is 13.0 Å². The molecule has 0 saturated carbocycles. The quantitative estimate of drug-likeness (QED) is 0.471. The number of nitro groups is 1. The van der Waals surface area contributed by atoms with E-state index < -0.39 is 4.92 Å². The van der Waals surface area contributed by atoms with Gasteiger partial charge in [0.25, 0.3) is 0 Å². The molecule has 1 aromatic rings. The molecule has 1 rings (SSSR count). The lowest BCUT2D eigenvalue weighted by Gasteiger charge is -1.92. The van der Waals surface area contributed by atoms with Crippen LogP contribution in [0.1, 0.15) is 5.56 Å². The predicted octanol–water partition coefficient (Wildman–Crippen LogP) is -0.147. The normalized spacial score (nSPS) is 9.91. The molecule has 6 heteroatoms. The van der Waals surface area contributed by atoms with Crippen molar-refractivity contribution >= 4 is 5.82 Å². The van der Waals surface area contributed by atoms with Gasteiger partial charge in [-0.2, -0.15) is 0 Å². The number of hydrogen-bond acceptors (Lipinski definition) is 4. The van der Waals surface area contributed by atoms with E-state index in [4.69, 9.17) is 5.11 Å². The highest BCUT2D eigenvalue weighted by molar-refractivity contribution is 5.29. The summed E-state index contributed by atoms with van der Waals surface area (Å²) in [5, 5.41) is 24.4. The largest absolute Gasteiger partial charge is 0.396 e. The number of hydrogen-bond donors (Lipinski definition) is 2. The number of rotatable bonds is 3. The molecule has 0 bridgehead atoms. The molecule has 0 aliphatic rings. The number of aliphatic hydroxyl groups excluding tert-OH is 1. The lowest BCUT2D eigenvalue weighted by molar-refractivity contribution is -0.390.